The minimum Gasteiger partial charge on any atom is -0.466 e. The van der Waals surface area contributed by atoms with Gasteiger partial charge in [0.25, 0.3) is 0 Å². The van der Waals surface area contributed by atoms with Gasteiger partial charge in [0.05, 0.1) is 24.8 Å². The van der Waals surface area contributed by atoms with Crippen molar-refractivity contribution in [3.05, 3.63) is 17.0 Å². The molecule has 0 aromatic carbocycles. The SMILES string of the molecule is CCOC(=O)CCNC(=O)N1CCC[C@@H]1c1c(C)noc1C. The standard InChI is InChI=1S/C15H23N3O4/c1-4-21-13(19)7-8-16-15(20)18-9-5-6-12(18)14-10(2)17-22-11(14)3/h12H,4-9H2,1-3H3,(H,16,20)/t12-/m1/s1. The molecule has 0 radical (unpaired) electrons. The van der Waals surface area contributed by atoms with Crippen molar-refractivity contribution in [3.63, 3.8) is 0 Å². The van der Waals surface area contributed by atoms with E-state index >= 15 is 0 Å². The number of aryl methyl sites for hydroxylation is 2. The topological polar surface area (TPSA) is 84.7 Å². The highest BCUT2D eigenvalue weighted by Gasteiger charge is 2.33. The van der Waals surface area contributed by atoms with E-state index in [2.05, 4.69) is 10.5 Å². The Labute approximate surface area is 130 Å². The Hall–Kier alpha value is -2.05. The summed E-state index contributed by atoms with van der Waals surface area (Å²) in [5.41, 5.74) is 1.83. The summed E-state index contributed by atoms with van der Waals surface area (Å²) in [6.07, 6.45) is 2.03. The third-order valence-corrected chi connectivity index (χ3v) is 3.85. The van der Waals surface area contributed by atoms with Gasteiger partial charge in [-0.2, -0.15) is 0 Å². The molecule has 0 spiro atoms. The molecule has 7 nitrogen and oxygen atoms in total. The first-order valence-electron chi connectivity index (χ1n) is 7.67. The van der Waals surface area contributed by atoms with Crippen LogP contribution < -0.4 is 5.32 Å². The maximum Gasteiger partial charge on any atom is 0.317 e. The molecule has 0 unspecified atom stereocenters. The normalized spacial score (nSPS) is 17.6. The Morgan fingerprint density at radius 1 is 1.45 bits per heavy atom. The van der Waals surface area contributed by atoms with E-state index in [1.807, 2.05) is 13.8 Å². The van der Waals surface area contributed by atoms with Crippen LogP contribution in [0.1, 0.15) is 49.2 Å². The molecule has 1 aliphatic rings. The van der Waals surface area contributed by atoms with E-state index < -0.39 is 0 Å². The Balaban J connectivity index is 1.93. The van der Waals surface area contributed by atoms with Crippen LogP contribution in [0, 0.1) is 13.8 Å². The number of esters is 1. The van der Waals surface area contributed by atoms with Crippen LogP contribution in [0.5, 0.6) is 0 Å². The van der Waals surface area contributed by atoms with Crippen molar-refractivity contribution in [1.29, 1.82) is 0 Å². The van der Waals surface area contributed by atoms with Gasteiger partial charge in [0.15, 0.2) is 0 Å². The Morgan fingerprint density at radius 3 is 2.86 bits per heavy atom. The quantitative estimate of drug-likeness (QED) is 0.842. The van der Waals surface area contributed by atoms with E-state index in [1.54, 1.807) is 11.8 Å². The smallest absolute Gasteiger partial charge is 0.317 e. The van der Waals surface area contributed by atoms with Crippen molar-refractivity contribution in [1.82, 2.24) is 15.4 Å². The van der Waals surface area contributed by atoms with Crippen LogP contribution in [0.4, 0.5) is 4.79 Å². The van der Waals surface area contributed by atoms with Crippen molar-refractivity contribution in [2.75, 3.05) is 19.7 Å². The molecule has 1 aromatic rings. The largest absolute Gasteiger partial charge is 0.466 e. The fraction of sp³-hybridized carbons (Fsp3) is 0.667. The fourth-order valence-electron chi connectivity index (χ4n) is 2.88. The maximum atomic E-state index is 12.3. The Kier molecular flexibility index (Phi) is 5.41. The number of hydrogen-bond donors (Lipinski definition) is 1. The molecule has 2 amide bonds. The lowest BCUT2D eigenvalue weighted by molar-refractivity contribution is -0.142. The molecule has 1 aliphatic heterocycles. The van der Waals surface area contributed by atoms with E-state index in [1.165, 1.54) is 0 Å². The molecule has 0 bridgehead atoms. The predicted octanol–water partition coefficient (Wildman–Crippen LogP) is 2.09. The van der Waals surface area contributed by atoms with Gasteiger partial charge in [-0.25, -0.2) is 4.79 Å². The van der Waals surface area contributed by atoms with Crippen molar-refractivity contribution in [2.24, 2.45) is 0 Å². The summed E-state index contributed by atoms with van der Waals surface area (Å²) < 4.78 is 10.0. The summed E-state index contributed by atoms with van der Waals surface area (Å²) in [6, 6.07) is -0.166. The monoisotopic (exact) mass is 309 g/mol. The molecule has 1 fully saturated rings. The minimum absolute atomic E-state index is 0.00570. The maximum absolute atomic E-state index is 12.3. The van der Waals surface area contributed by atoms with Crippen LogP contribution in [-0.2, 0) is 9.53 Å². The van der Waals surface area contributed by atoms with Crippen molar-refractivity contribution in [3.8, 4) is 0 Å². The van der Waals surface area contributed by atoms with E-state index in [0.717, 1.165) is 29.9 Å². The number of hydrogen-bond acceptors (Lipinski definition) is 5. The van der Waals surface area contributed by atoms with E-state index in [0.29, 0.717) is 13.2 Å². The summed E-state index contributed by atoms with van der Waals surface area (Å²) >= 11 is 0. The van der Waals surface area contributed by atoms with Gasteiger partial charge in [0.2, 0.25) is 0 Å². The van der Waals surface area contributed by atoms with Crippen LogP contribution >= 0.6 is 0 Å². The second-order valence-corrected chi connectivity index (χ2v) is 5.38. The summed E-state index contributed by atoms with van der Waals surface area (Å²) in [6.45, 7) is 6.84. The highest BCUT2D eigenvalue weighted by molar-refractivity contribution is 5.76. The first kappa shape index (κ1) is 16.3. The summed E-state index contributed by atoms with van der Waals surface area (Å²) in [5, 5.41) is 6.75. The highest BCUT2D eigenvalue weighted by Crippen LogP contribution is 2.35. The Bertz CT molecular complexity index is 521. The first-order valence-corrected chi connectivity index (χ1v) is 7.67. The van der Waals surface area contributed by atoms with Crippen molar-refractivity contribution < 1.29 is 18.8 Å². The molecule has 0 saturated carbocycles. The molecule has 7 heteroatoms. The lowest BCUT2D eigenvalue weighted by atomic mass is 10.0. The molecular formula is C15H23N3O4. The second kappa shape index (κ2) is 7.29. The molecular weight excluding hydrogens is 286 g/mol. The van der Waals surface area contributed by atoms with Gasteiger partial charge >= 0.3 is 12.0 Å². The van der Waals surface area contributed by atoms with Crippen LogP contribution in [-0.4, -0.2) is 41.8 Å². The molecule has 2 rings (SSSR count). The number of carbonyl (C=O) groups is 2. The average molecular weight is 309 g/mol. The van der Waals surface area contributed by atoms with Gasteiger partial charge in [-0.15, -0.1) is 0 Å². The lowest BCUT2D eigenvalue weighted by Crippen LogP contribution is -2.40. The van der Waals surface area contributed by atoms with E-state index in [-0.39, 0.29) is 31.0 Å². The van der Waals surface area contributed by atoms with Gasteiger partial charge in [0, 0.05) is 18.7 Å². The average Bonchev–Trinajstić information content (AvgIpc) is 3.06. The second-order valence-electron chi connectivity index (χ2n) is 5.38. The number of urea groups is 1. The number of ether oxygens (including phenoxy) is 1. The van der Waals surface area contributed by atoms with Crippen LogP contribution in [0.15, 0.2) is 4.52 Å². The highest BCUT2D eigenvalue weighted by atomic mass is 16.5. The van der Waals surface area contributed by atoms with E-state index in [4.69, 9.17) is 9.26 Å². The molecule has 1 aromatic heterocycles. The lowest BCUT2D eigenvalue weighted by Gasteiger charge is -2.25. The zero-order valence-corrected chi connectivity index (χ0v) is 13.3. The number of likely N-dealkylation sites (tertiary alicyclic amines) is 1. The summed E-state index contributed by atoms with van der Waals surface area (Å²) in [5.74, 6) is 0.459. The molecule has 122 valence electrons. The van der Waals surface area contributed by atoms with Gasteiger partial charge < -0.3 is 19.5 Å². The predicted molar refractivity (Wildman–Crippen MR) is 79.3 cm³/mol. The van der Waals surface area contributed by atoms with Crippen LogP contribution in [0.2, 0.25) is 0 Å². The number of amides is 2. The molecule has 1 saturated heterocycles. The number of aromatic nitrogens is 1. The third kappa shape index (κ3) is 3.58. The number of nitrogens with one attached hydrogen (secondary N) is 1. The number of rotatable bonds is 5. The molecule has 1 N–H and O–H groups in total. The number of nitrogens with zero attached hydrogens (tertiary/aromatic N) is 2. The van der Waals surface area contributed by atoms with E-state index in [9.17, 15) is 9.59 Å². The molecule has 0 aliphatic carbocycles. The van der Waals surface area contributed by atoms with Crippen molar-refractivity contribution in [2.45, 2.75) is 46.1 Å². The Morgan fingerprint density at radius 2 is 2.23 bits per heavy atom. The van der Waals surface area contributed by atoms with Crippen molar-refractivity contribution >= 4 is 12.0 Å². The fourth-order valence-corrected chi connectivity index (χ4v) is 2.88. The summed E-state index contributed by atoms with van der Waals surface area (Å²) in [4.78, 5) is 25.4. The van der Waals surface area contributed by atoms with Gasteiger partial charge in [-0.1, -0.05) is 5.16 Å². The van der Waals surface area contributed by atoms with Gasteiger partial charge in [-0.3, -0.25) is 4.79 Å². The zero-order valence-electron chi connectivity index (χ0n) is 13.3. The number of carbonyl (C=O) groups excluding carboxylic acids is 2. The van der Waals surface area contributed by atoms with Gasteiger partial charge in [0.1, 0.15) is 5.76 Å². The summed E-state index contributed by atoms with van der Waals surface area (Å²) in [7, 11) is 0. The molecule has 2 heterocycles. The van der Waals surface area contributed by atoms with Crippen LogP contribution in [0.25, 0.3) is 0 Å². The minimum atomic E-state index is -0.300. The zero-order chi connectivity index (χ0) is 16.1. The molecule has 22 heavy (non-hydrogen) atoms. The first-order chi connectivity index (χ1) is 10.5. The van der Waals surface area contributed by atoms with Gasteiger partial charge in [-0.05, 0) is 33.6 Å². The molecule has 1 atom stereocenters. The van der Waals surface area contributed by atoms with Crippen LogP contribution in [0.3, 0.4) is 0 Å². The third-order valence-electron chi connectivity index (χ3n) is 3.85.